The lowest BCUT2D eigenvalue weighted by Crippen LogP contribution is -2.20. The van der Waals surface area contributed by atoms with Gasteiger partial charge in [0.2, 0.25) is 0 Å². The maximum Gasteiger partial charge on any atom is 0.311 e. The number of benzene rings is 3. The van der Waals surface area contributed by atoms with Gasteiger partial charge >= 0.3 is 5.97 Å². The maximum absolute atomic E-state index is 13.6. The Morgan fingerprint density at radius 2 is 1.86 bits per heavy atom. The lowest BCUT2D eigenvalue weighted by Gasteiger charge is -2.24. The van der Waals surface area contributed by atoms with Crippen LogP contribution in [0, 0.1) is 11.7 Å². The van der Waals surface area contributed by atoms with E-state index in [1.165, 1.54) is 6.07 Å². The molecule has 1 aliphatic heterocycles. The highest BCUT2D eigenvalue weighted by atomic mass is 35.5. The van der Waals surface area contributed by atoms with Gasteiger partial charge in [0.1, 0.15) is 23.1 Å². The molecule has 36 heavy (non-hydrogen) atoms. The van der Waals surface area contributed by atoms with Crippen LogP contribution in [0.2, 0.25) is 5.02 Å². The zero-order valence-electron chi connectivity index (χ0n) is 19.6. The van der Waals surface area contributed by atoms with E-state index in [-0.39, 0.29) is 17.5 Å². The highest BCUT2D eigenvalue weighted by Gasteiger charge is 2.30. The van der Waals surface area contributed by atoms with Crippen molar-refractivity contribution in [3.05, 3.63) is 88.2 Å². The molecule has 0 amide bonds. The van der Waals surface area contributed by atoms with Crippen LogP contribution in [0.1, 0.15) is 65.4 Å². The molecule has 1 heterocycles. The van der Waals surface area contributed by atoms with E-state index >= 15 is 0 Å². The van der Waals surface area contributed by atoms with Crippen molar-refractivity contribution >= 4 is 23.4 Å². The van der Waals surface area contributed by atoms with Crippen LogP contribution < -0.4 is 9.47 Å². The van der Waals surface area contributed by atoms with Gasteiger partial charge in [0.25, 0.3) is 0 Å². The number of ketones is 1. The van der Waals surface area contributed by atoms with Gasteiger partial charge in [0, 0.05) is 23.6 Å². The lowest BCUT2D eigenvalue weighted by molar-refractivity contribution is -0.139. The van der Waals surface area contributed by atoms with Crippen molar-refractivity contribution in [2.24, 2.45) is 5.92 Å². The van der Waals surface area contributed by atoms with Crippen LogP contribution in [0.3, 0.4) is 0 Å². The van der Waals surface area contributed by atoms with Gasteiger partial charge in [-0.15, -0.1) is 0 Å². The summed E-state index contributed by atoms with van der Waals surface area (Å²) in [5.41, 5.74) is 2.16. The number of carboxylic acids is 1. The molecule has 7 heteroatoms. The molecule has 1 saturated carbocycles. The molecule has 5 nitrogen and oxygen atoms in total. The molecular formula is C29H26ClFO5. The zero-order valence-corrected chi connectivity index (χ0v) is 20.3. The van der Waals surface area contributed by atoms with Crippen LogP contribution in [-0.4, -0.2) is 23.5 Å². The summed E-state index contributed by atoms with van der Waals surface area (Å²) < 4.78 is 25.1. The fraction of sp³-hybridized carbons (Fsp3) is 0.310. The Bertz CT molecular complexity index is 1290. The Kier molecular flexibility index (Phi) is 6.97. The number of halogens is 2. The number of Topliss-reactive ketones (excluding diaryl/α,β-unsaturated/α-hetero) is 1. The molecule has 0 bridgehead atoms. The minimum atomic E-state index is -0.911. The Balaban J connectivity index is 1.21. The second-order valence-corrected chi connectivity index (χ2v) is 9.94. The van der Waals surface area contributed by atoms with E-state index < -0.39 is 11.9 Å². The van der Waals surface area contributed by atoms with E-state index in [1.807, 2.05) is 6.07 Å². The van der Waals surface area contributed by atoms with E-state index in [4.69, 9.17) is 21.1 Å². The molecule has 0 saturated heterocycles. The third kappa shape index (κ3) is 5.24. The number of fused-ring (bicyclic) bond motifs is 1. The summed E-state index contributed by atoms with van der Waals surface area (Å²) in [5.74, 6) is 0.181. The van der Waals surface area contributed by atoms with Crippen LogP contribution in [0.5, 0.6) is 17.2 Å². The third-order valence-electron chi connectivity index (χ3n) is 7.14. The van der Waals surface area contributed by atoms with Gasteiger partial charge < -0.3 is 14.6 Å². The Hall–Kier alpha value is -3.38. The minimum absolute atomic E-state index is 0.0753. The van der Waals surface area contributed by atoms with Gasteiger partial charge in [-0.2, -0.15) is 0 Å². The lowest BCUT2D eigenvalue weighted by atomic mass is 9.93. The van der Waals surface area contributed by atoms with Crippen LogP contribution in [0.4, 0.5) is 4.39 Å². The molecule has 0 radical (unpaired) electrons. The smallest absolute Gasteiger partial charge is 0.311 e. The molecule has 0 aromatic heterocycles. The van der Waals surface area contributed by atoms with Crippen molar-refractivity contribution in [3.8, 4) is 17.2 Å². The van der Waals surface area contributed by atoms with Gasteiger partial charge in [-0.1, -0.05) is 23.7 Å². The quantitative estimate of drug-likeness (QED) is 0.337. The average Bonchev–Trinajstić information content (AvgIpc) is 3.33. The van der Waals surface area contributed by atoms with Crippen LogP contribution in [0.15, 0.2) is 60.7 Å². The molecule has 5 rings (SSSR count). The van der Waals surface area contributed by atoms with Crippen LogP contribution in [-0.2, 0) is 4.79 Å². The summed E-state index contributed by atoms with van der Waals surface area (Å²) >= 11 is 6.37. The van der Waals surface area contributed by atoms with Gasteiger partial charge in [0.15, 0.2) is 5.78 Å². The Morgan fingerprint density at radius 1 is 1.06 bits per heavy atom. The van der Waals surface area contributed by atoms with Crippen LogP contribution >= 0.6 is 11.6 Å². The monoisotopic (exact) mass is 508 g/mol. The molecule has 186 valence electrons. The van der Waals surface area contributed by atoms with E-state index in [0.29, 0.717) is 58.8 Å². The van der Waals surface area contributed by atoms with Crippen LogP contribution in [0.25, 0.3) is 0 Å². The number of carbonyl (C=O) groups is 2. The van der Waals surface area contributed by atoms with Gasteiger partial charge in [-0.25, -0.2) is 4.39 Å². The maximum atomic E-state index is 13.6. The van der Waals surface area contributed by atoms with E-state index in [1.54, 1.807) is 48.5 Å². The van der Waals surface area contributed by atoms with Gasteiger partial charge in [-0.3, -0.25) is 9.59 Å². The fourth-order valence-electron chi connectivity index (χ4n) is 5.26. The first kappa shape index (κ1) is 24.3. The average molecular weight is 509 g/mol. The standard InChI is InChI=1S/C29H26ClFO5/c30-25-15-24-23(29(33)34)10-11-35-27(24)16-28(25)36-22-8-6-18(7-9-22)26(32)13-17-4-5-20(12-17)19-2-1-3-21(31)14-19/h1-3,6-9,14-17,20,23H,4-5,10-13H2,(H,33,34). The number of carbonyl (C=O) groups excluding carboxylic acids is 1. The normalized spacial score (nSPS) is 20.9. The summed E-state index contributed by atoms with van der Waals surface area (Å²) in [6.45, 7) is 0.311. The molecule has 3 unspecified atom stereocenters. The van der Waals surface area contributed by atoms with Crippen molar-refractivity contribution < 1.29 is 28.6 Å². The third-order valence-corrected chi connectivity index (χ3v) is 7.44. The number of ether oxygens (including phenoxy) is 2. The largest absolute Gasteiger partial charge is 0.493 e. The molecule has 3 aromatic carbocycles. The summed E-state index contributed by atoms with van der Waals surface area (Å²) in [7, 11) is 0. The molecule has 1 aliphatic carbocycles. The number of aliphatic carboxylic acids is 1. The first-order chi connectivity index (χ1) is 17.4. The van der Waals surface area contributed by atoms with Gasteiger partial charge in [-0.05, 0) is 85.5 Å². The molecule has 2 aliphatic rings. The fourth-order valence-corrected chi connectivity index (χ4v) is 5.47. The highest BCUT2D eigenvalue weighted by molar-refractivity contribution is 6.32. The highest BCUT2D eigenvalue weighted by Crippen LogP contribution is 2.42. The predicted molar refractivity (Wildman–Crippen MR) is 134 cm³/mol. The summed E-state index contributed by atoms with van der Waals surface area (Å²) in [4.78, 5) is 24.4. The van der Waals surface area contributed by atoms with Crippen molar-refractivity contribution in [1.29, 1.82) is 0 Å². The zero-order chi connectivity index (χ0) is 25.2. The minimum Gasteiger partial charge on any atom is -0.493 e. The molecule has 1 N–H and O–H groups in total. The first-order valence-electron chi connectivity index (χ1n) is 12.1. The predicted octanol–water partition coefficient (Wildman–Crippen LogP) is 7.38. The van der Waals surface area contributed by atoms with E-state index in [0.717, 1.165) is 24.8 Å². The summed E-state index contributed by atoms with van der Waals surface area (Å²) in [5, 5.41) is 9.74. The SMILES string of the molecule is O=C(CC1CCC(c2cccc(F)c2)C1)c1ccc(Oc2cc3c(cc2Cl)C(C(=O)O)CCO3)cc1. The van der Waals surface area contributed by atoms with E-state index in [2.05, 4.69) is 0 Å². The van der Waals surface area contributed by atoms with Gasteiger partial charge in [0.05, 0.1) is 17.5 Å². The second-order valence-electron chi connectivity index (χ2n) is 9.53. The second kappa shape index (κ2) is 10.3. The molecule has 1 fully saturated rings. The topological polar surface area (TPSA) is 72.8 Å². The molecule has 0 spiro atoms. The van der Waals surface area contributed by atoms with Crippen molar-refractivity contribution in [2.75, 3.05) is 6.61 Å². The number of hydrogen-bond acceptors (Lipinski definition) is 4. The Labute approximate surface area is 213 Å². The molecular weight excluding hydrogens is 483 g/mol. The number of hydrogen-bond donors (Lipinski definition) is 1. The van der Waals surface area contributed by atoms with Crippen molar-refractivity contribution in [1.82, 2.24) is 0 Å². The molecule has 3 atom stereocenters. The first-order valence-corrected chi connectivity index (χ1v) is 12.5. The summed E-state index contributed by atoms with van der Waals surface area (Å²) in [6, 6.07) is 16.9. The number of rotatable bonds is 7. The van der Waals surface area contributed by atoms with Crippen molar-refractivity contribution in [3.63, 3.8) is 0 Å². The summed E-state index contributed by atoms with van der Waals surface area (Å²) in [6.07, 6.45) is 3.66. The molecule has 3 aromatic rings. The number of carboxylic acid groups (broad SMARTS) is 1. The Morgan fingerprint density at radius 3 is 2.61 bits per heavy atom. The van der Waals surface area contributed by atoms with Crippen molar-refractivity contribution in [2.45, 2.75) is 43.9 Å². The van der Waals surface area contributed by atoms with E-state index in [9.17, 15) is 19.1 Å².